The predicted molar refractivity (Wildman–Crippen MR) is 110 cm³/mol. The van der Waals surface area contributed by atoms with Crippen molar-refractivity contribution in [3.8, 4) is 5.75 Å². The van der Waals surface area contributed by atoms with E-state index in [1.807, 2.05) is 6.92 Å². The highest BCUT2D eigenvalue weighted by Gasteiger charge is 2.35. The van der Waals surface area contributed by atoms with Gasteiger partial charge in [0, 0.05) is 18.7 Å². The van der Waals surface area contributed by atoms with Crippen LogP contribution in [0.2, 0.25) is 0 Å². The molecule has 7 nitrogen and oxygen atoms in total. The summed E-state index contributed by atoms with van der Waals surface area (Å²) in [6.07, 6.45) is 3.57. The van der Waals surface area contributed by atoms with E-state index in [4.69, 9.17) is 9.47 Å². The molecule has 0 saturated carbocycles. The van der Waals surface area contributed by atoms with Crippen LogP contribution in [-0.2, 0) is 14.3 Å². The second kappa shape index (κ2) is 11.4. The van der Waals surface area contributed by atoms with E-state index >= 15 is 0 Å². The maximum absolute atomic E-state index is 13.0. The Hall–Kier alpha value is -2.57. The van der Waals surface area contributed by atoms with Gasteiger partial charge in [0.1, 0.15) is 11.8 Å². The van der Waals surface area contributed by atoms with Crippen LogP contribution in [0.15, 0.2) is 24.3 Å². The van der Waals surface area contributed by atoms with Crippen LogP contribution in [0.3, 0.4) is 0 Å². The number of carbonyl (C=O) groups is 3. The van der Waals surface area contributed by atoms with Gasteiger partial charge in [0.25, 0.3) is 5.91 Å². The smallest absolute Gasteiger partial charge is 0.308 e. The Morgan fingerprint density at radius 3 is 2.59 bits per heavy atom. The largest absolute Gasteiger partial charge is 0.494 e. The monoisotopic (exact) mass is 404 g/mol. The van der Waals surface area contributed by atoms with E-state index in [-0.39, 0.29) is 24.3 Å². The van der Waals surface area contributed by atoms with Crippen molar-refractivity contribution in [2.45, 2.75) is 65.0 Å². The number of unbranched alkanes of at least 4 members (excludes halogenated alkanes) is 2. The molecule has 7 heteroatoms. The van der Waals surface area contributed by atoms with Crippen molar-refractivity contribution in [3.05, 3.63) is 29.8 Å². The lowest BCUT2D eigenvalue weighted by Crippen LogP contribution is -2.57. The van der Waals surface area contributed by atoms with Crippen LogP contribution in [-0.4, -0.2) is 54.5 Å². The molecule has 0 bridgehead atoms. The third-order valence-corrected chi connectivity index (χ3v) is 4.98. The van der Waals surface area contributed by atoms with E-state index in [2.05, 4.69) is 12.2 Å². The Bertz CT molecular complexity index is 689. The summed E-state index contributed by atoms with van der Waals surface area (Å²) >= 11 is 0. The van der Waals surface area contributed by atoms with Crippen LogP contribution in [0.25, 0.3) is 0 Å². The molecule has 0 spiro atoms. The Kier molecular flexibility index (Phi) is 8.96. The van der Waals surface area contributed by atoms with Gasteiger partial charge in [-0.25, -0.2) is 0 Å². The molecule has 29 heavy (non-hydrogen) atoms. The van der Waals surface area contributed by atoms with Gasteiger partial charge in [0.15, 0.2) is 0 Å². The maximum Gasteiger partial charge on any atom is 0.308 e. The minimum Gasteiger partial charge on any atom is -0.494 e. The fourth-order valence-corrected chi connectivity index (χ4v) is 3.08. The van der Waals surface area contributed by atoms with E-state index in [0.29, 0.717) is 37.4 Å². The first-order valence-electron chi connectivity index (χ1n) is 10.5. The van der Waals surface area contributed by atoms with Gasteiger partial charge >= 0.3 is 5.97 Å². The van der Waals surface area contributed by atoms with E-state index in [9.17, 15) is 14.4 Å². The summed E-state index contributed by atoms with van der Waals surface area (Å²) in [6, 6.07) is 6.04. The highest BCUT2D eigenvalue weighted by molar-refractivity contribution is 5.99. The van der Waals surface area contributed by atoms with E-state index in [1.165, 1.54) is 4.90 Å². The Balaban J connectivity index is 2.02. The number of nitrogens with one attached hydrogen (secondary N) is 1. The molecule has 0 radical (unpaired) electrons. The first-order chi connectivity index (χ1) is 14.0. The summed E-state index contributed by atoms with van der Waals surface area (Å²) < 4.78 is 11.0. The summed E-state index contributed by atoms with van der Waals surface area (Å²) in [4.78, 5) is 38.9. The molecule has 1 aliphatic heterocycles. The summed E-state index contributed by atoms with van der Waals surface area (Å²) in [7, 11) is 0. The molecule has 1 N–H and O–H groups in total. The lowest BCUT2D eigenvalue weighted by molar-refractivity contribution is -0.151. The zero-order valence-corrected chi connectivity index (χ0v) is 17.6. The number of piperazine rings is 1. The van der Waals surface area contributed by atoms with Crippen LogP contribution in [0.1, 0.15) is 63.2 Å². The number of benzene rings is 1. The zero-order valence-electron chi connectivity index (χ0n) is 17.6. The van der Waals surface area contributed by atoms with Gasteiger partial charge in [-0.3, -0.25) is 14.4 Å². The van der Waals surface area contributed by atoms with E-state index in [0.717, 1.165) is 19.3 Å². The third-order valence-electron chi connectivity index (χ3n) is 4.98. The first kappa shape index (κ1) is 22.7. The molecule has 0 aromatic heterocycles. The van der Waals surface area contributed by atoms with E-state index < -0.39 is 12.0 Å². The summed E-state index contributed by atoms with van der Waals surface area (Å²) in [5.41, 5.74) is 0.459. The standard InChI is InChI=1S/C22H32N2O5/c1-4-6-7-14-28-18-10-8-17(9-11-18)22(27)24-13-12-23-21(26)19(24)15-20(25)29-16(3)5-2/h8-11,16,19H,4-7,12-15H2,1-3H3,(H,23,26). The molecule has 1 fully saturated rings. The average Bonchev–Trinajstić information content (AvgIpc) is 2.72. The quantitative estimate of drug-likeness (QED) is 0.479. The van der Waals surface area contributed by atoms with Crippen LogP contribution >= 0.6 is 0 Å². The Labute approximate surface area is 172 Å². The molecular formula is C22H32N2O5. The number of rotatable bonds is 10. The Morgan fingerprint density at radius 1 is 1.21 bits per heavy atom. The van der Waals surface area contributed by atoms with Crippen molar-refractivity contribution in [1.29, 1.82) is 0 Å². The molecule has 2 rings (SSSR count). The molecular weight excluding hydrogens is 372 g/mol. The molecule has 1 heterocycles. The fraction of sp³-hybridized carbons (Fsp3) is 0.591. The topological polar surface area (TPSA) is 84.9 Å². The van der Waals surface area contributed by atoms with Gasteiger partial charge in [-0.15, -0.1) is 0 Å². The van der Waals surface area contributed by atoms with Crippen molar-refractivity contribution in [2.75, 3.05) is 19.7 Å². The second-order valence-corrected chi connectivity index (χ2v) is 7.30. The highest BCUT2D eigenvalue weighted by Crippen LogP contribution is 2.18. The Morgan fingerprint density at radius 2 is 1.93 bits per heavy atom. The SMILES string of the molecule is CCCCCOc1ccc(C(=O)N2CCNC(=O)C2CC(=O)OC(C)CC)cc1. The lowest BCUT2D eigenvalue weighted by Gasteiger charge is -2.34. The molecule has 2 unspecified atom stereocenters. The first-order valence-corrected chi connectivity index (χ1v) is 10.5. The summed E-state index contributed by atoms with van der Waals surface area (Å²) in [5, 5.41) is 2.72. The minimum absolute atomic E-state index is 0.152. The highest BCUT2D eigenvalue weighted by atomic mass is 16.5. The second-order valence-electron chi connectivity index (χ2n) is 7.30. The van der Waals surface area contributed by atoms with Gasteiger partial charge in [-0.05, 0) is 44.0 Å². The molecule has 0 aliphatic carbocycles. The third kappa shape index (κ3) is 6.76. The summed E-state index contributed by atoms with van der Waals surface area (Å²) in [6.45, 7) is 7.21. The van der Waals surface area contributed by atoms with Gasteiger partial charge in [0.2, 0.25) is 5.91 Å². The van der Waals surface area contributed by atoms with Crippen molar-refractivity contribution < 1.29 is 23.9 Å². The number of amides is 2. The van der Waals surface area contributed by atoms with Crippen LogP contribution in [0.5, 0.6) is 5.75 Å². The van der Waals surface area contributed by atoms with Crippen molar-refractivity contribution in [3.63, 3.8) is 0 Å². The van der Waals surface area contributed by atoms with E-state index in [1.54, 1.807) is 31.2 Å². The van der Waals surface area contributed by atoms with Crippen molar-refractivity contribution >= 4 is 17.8 Å². The van der Waals surface area contributed by atoms with Crippen molar-refractivity contribution in [1.82, 2.24) is 10.2 Å². The molecule has 2 atom stereocenters. The normalized spacial score (nSPS) is 17.4. The summed E-state index contributed by atoms with van der Waals surface area (Å²) in [5.74, 6) is -0.377. The molecule has 1 aromatic rings. The molecule has 2 amide bonds. The predicted octanol–water partition coefficient (Wildman–Crippen LogP) is 2.93. The molecule has 1 aromatic carbocycles. The molecule has 1 aliphatic rings. The number of carbonyl (C=O) groups excluding carboxylic acids is 3. The fourth-order valence-electron chi connectivity index (χ4n) is 3.08. The van der Waals surface area contributed by atoms with Crippen LogP contribution in [0, 0.1) is 0 Å². The zero-order chi connectivity index (χ0) is 21.2. The van der Waals surface area contributed by atoms with Gasteiger partial charge in [-0.2, -0.15) is 0 Å². The van der Waals surface area contributed by atoms with Gasteiger partial charge < -0.3 is 19.7 Å². The minimum atomic E-state index is -0.863. The number of esters is 1. The maximum atomic E-state index is 13.0. The van der Waals surface area contributed by atoms with Crippen LogP contribution < -0.4 is 10.1 Å². The molecule has 160 valence electrons. The number of nitrogens with zero attached hydrogens (tertiary/aromatic N) is 1. The van der Waals surface area contributed by atoms with Crippen LogP contribution in [0.4, 0.5) is 0 Å². The van der Waals surface area contributed by atoms with Gasteiger partial charge in [-0.1, -0.05) is 26.7 Å². The van der Waals surface area contributed by atoms with Crippen molar-refractivity contribution in [2.24, 2.45) is 0 Å². The molecule has 1 saturated heterocycles. The number of hydrogen-bond donors (Lipinski definition) is 1. The number of ether oxygens (including phenoxy) is 2. The van der Waals surface area contributed by atoms with Gasteiger partial charge in [0.05, 0.1) is 19.1 Å². The number of hydrogen-bond acceptors (Lipinski definition) is 5. The average molecular weight is 405 g/mol. The lowest BCUT2D eigenvalue weighted by atomic mass is 10.1.